The first-order chi connectivity index (χ1) is 9.81. The van der Waals surface area contributed by atoms with E-state index in [1.807, 2.05) is 29.6 Å². The predicted molar refractivity (Wildman–Crippen MR) is 78.8 cm³/mol. The molecule has 6 nitrogen and oxygen atoms in total. The van der Waals surface area contributed by atoms with Gasteiger partial charge in [-0.3, -0.25) is 10.4 Å². The van der Waals surface area contributed by atoms with Gasteiger partial charge in [0.15, 0.2) is 0 Å². The van der Waals surface area contributed by atoms with Crippen LogP contribution < -0.4 is 10.6 Å². The molecular formula is C13H11N5OS. The Labute approximate surface area is 118 Å². The molecule has 100 valence electrons. The number of nitrogens with zero attached hydrogens (tertiary/aromatic N) is 2. The fourth-order valence-corrected chi connectivity index (χ4v) is 2.32. The number of carbonyl (C=O) groups is 1. The van der Waals surface area contributed by atoms with Crippen LogP contribution in [0.4, 0.5) is 16.3 Å². The molecule has 3 rings (SSSR count). The van der Waals surface area contributed by atoms with E-state index in [4.69, 9.17) is 0 Å². The second kappa shape index (κ2) is 5.54. The van der Waals surface area contributed by atoms with Crippen molar-refractivity contribution >= 4 is 28.9 Å². The lowest BCUT2D eigenvalue weighted by Crippen LogP contribution is -2.19. The number of urea groups is 1. The van der Waals surface area contributed by atoms with Gasteiger partial charge in [-0.1, -0.05) is 0 Å². The fourth-order valence-electron chi connectivity index (χ4n) is 1.67. The molecule has 0 aliphatic heterocycles. The molecule has 7 heteroatoms. The van der Waals surface area contributed by atoms with Crippen LogP contribution in [0.5, 0.6) is 0 Å². The molecule has 0 aliphatic carbocycles. The molecule has 0 saturated heterocycles. The van der Waals surface area contributed by atoms with Gasteiger partial charge in [-0.15, -0.1) is 11.3 Å². The van der Waals surface area contributed by atoms with Crippen LogP contribution >= 0.6 is 11.3 Å². The first-order valence-corrected chi connectivity index (χ1v) is 6.76. The Hall–Kier alpha value is -2.67. The average Bonchev–Trinajstić information content (AvgIpc) is 3.12. The van der Waals surface area contributed by atoms with Gasteiger partial charge in [-0.2, -0.15) is 5.10 Å². The van der Waals surface area contributed by atoms with Gasteiger partial charge in [0.05, 0.1) is 6.20 Å². The van der Waals surface area contributed by atoms with Crippen molar-refractivity contribution in [1.82, 2.24) is 15.2 Å². The van der Waals surface area contributed by atoms with Gasteiger partial charge < -0.3 is 5.32 Å². The maximum absolute atomic E-state index is 11.7. The molecule has 0 radical (unpaired) electrons. The highest BCUT2D eigenvalue weighted by molar-refractivity contribution is 7.13. The highest BCUT2D eigenvalue weighted by Gasteiger charge is 2.04. The molecule has 0 atom stereocenters. The van der Waals surface area contributed by atoms with E-state index in [0.717, 1.165) is 10.6 Å². The van der Waals surface area contributed by atoms with Crippen molar-refractivity contribution in [3.05, 3.63) is 48.1 Å². The first kappa shape index (κ1) is 12.4. The molecule has 0 spiro atoms. The summed E-state index contributed by atoms with van der Waals surface area (Å²) in [6, 6.07) is 8.86. The van der Waals surface area contributed by atoms with E-state index >= 15 is 0 Å². The van der Waals surface area contributed by atoms with Crippen LogP contribution in [0.2, 0.25) is 0 Å². The highest BCUT2D eigenvalue weighted by atomic mass is 32.1. The standard InChI is InChI=1S/C13H11N5OS/c19-13(17-11-5-6-15-18-11)16-10-3-1-9(2-4-10)12-14-7-8-20-12/h1-8H,(H3,15,16,17,18,19). The maximum atomic E-state index is 11.7. The highest BCUT2D eigenvalue weighted by Crippen LogP contribution is 2.23. The summed E-state index contributed by atoms with van der Waals surface area (Å²) >= 11 is 1.58. The third-order valence-electron chi connectivity index (χ3n) is 2.57. The lowest BCUT2D eigenvalue weighted by molar-refractivity contribution is 0.262. The molecule has 0 aliphatic rings. The van der Waals surface area contributed by atoms with E-state index in [-0.39, 0.29) is 6.03 Å². The number of hydrogen-bond donors (Lipinski definition) is 3. The Morgan fingerprint density at radius 2 is 1.95 bits per heavy atom. The molecule has 3 N–H and O–H groups in total. The molecule has 0 bridgehead atoms. The topological polar surface area (TPSA) is 82.7 Å². The molecule has 2 heterocycles. The number of carbonyl (C=O) groups excluding carboxylic acids is 1. The van der Waals surface area contributed by atoms with E-state index in [2.05, 4.69) is 25.8 Å². The van der Waals surface area contributed by atoms with Crippen LogP contribution in [-0.2, 0) is 0 Å². The molecular weight excluding hydrogens is 274 g/mol. The summed E-state index contributed by atoms with van der Waals surface area (Å²) in [7, 11) is 0. The number of thiazole rings is 1. The number of benzene rings is 1. The summed E-state index contributed by atoms with van der Waals surface area (Å²) in [6.45, 7) is 0. The Morgan fingerprint density at radius 1 is 1.10 bits per heavy atom. The van der Waals surface area contributed by atoms with E-state index < -0.39 is 0 Å². The molecule has 2 amide bonds. The number of H-pyrrole nitrogens is 1. The van der Waals surface area contributed by atoms with Crippen molar-refractivity contribution < 1.29 is 4.79 Å². The third-order valence-corrected chi connectivity index (χ3v) is 3.39. The van der Waals surface area contributed by atoms with E-state index in [1.165, 1.54) is 0 Å². The molecule has 2 aromatic heterocycles. The Balaban J connectivity index is 1.65. The number of amides is 2. The number of aromatic amines is 1. The van der Waals surface area contributed by atoms with Crippen LogP contribution in [0.1, 0.15) is 0 Å². The van der Waals surface area contributed by atoms with Gasteiger partial charge in [0.2, 0.25) is 0 Å². The SMILES string of the molecule is O=C(Nc1ccc(-c2nccs2)cc1)Nc1ccn[nH]1. The van der Waals surface area contributed by atoms with Crippen molar-refractivity contribution in [3.8, 4) is 10.6 Å². The zero-order valence-electron chi connectivity index (χ0n) is 10.3. The van der Waals surface area contributed by atoms with Crippen molar-refractivity contribution in [3.63, 3.8) is 0 Å². The van der Waals surface area contributed by atoms with Gasteiger partial charge in [0.25, 0.3) is 0 Å². The third kappa shape index (κ3) is 2.83. The molecule has 20 heavy (non-hydrogen) atoms. The van der Waals surface area contributed by atoms with Crippen LogP contribution in [0, 0.1) is 0 Å². The van der Waals surface area contributed by atoms with Crippen molar-refractivity contribution in [2.75, 3.05) is 10.6 Å². The summed E-state index contributed by atoms with van der Waals surface area (Å²) < 4.78 is 0. The quantitative estimate of drug-likeness (QED) is 0.691. The van der Waals surface area contributed by atoms with Gasteiger partial charge in [0, 0.05) is 28.9 Å². The number of anilines is 2. The Morgan fingerprint density at radius 3 is 2.60 bits per heavy atom. The minimum atomic E-state index is -0.323. The molecule has 0 unspecified atom stereocenters. The fraction of sp³-hybridized carbons (Fsp3) is 0. The van der Waals surface area contributed by atoms with Crippen LogP contribution in [0.15, 0.2) is 48.1 Å². The van der Waals surface area contributed by atoms with Crippen molar-refractivity contribution in [2.24, 2.45) is 0 Å². The van der Waals surface area contributed by atoms with Gasteiger partial charge >= 0.3 is 6.03 Å². The van der Waals surface area contributed by atoms with Crippen LogP contribution in [-0.4, -0.2) is 21.2 Å². The van der Waals surface area contributed by atoms with E-state index in [0.29, 0.717) is 11.5 Å². The number of aromatic nitrogens is 3. The van der Waals surface area contributed by atoms with Crippen LogP contribution in [0.25, 0.3) is 10.6 Å². The van der Waals surface area contributed by atoms with Crippen molar-refractivity contribution in [2.45, 2.75) is 0 Å². The van der Waals surface area contributed by atoms with Crippen molar-refractivity contribution in [1.29, 1.82) is 0 Å². The van der Waals surface area contributed by atoms with Gasteiger partial charge in [-0.25, -0.2) is 9.78 Å². The molecule has 1 aromatic carbocycles. The Bertz CT molecular complexity index is 676. The zero-order valence-corrected chi connectivity index (χ0v) is 11.1. The average molecular weight is 285 g/mol. The molecule has 3 aromatic rings. The van der Waals surface area contributed by atoms with E-state index in [1.54, 1.807) is 29.8 Å². The smallest absolute Gasteiger partial charge is 0.308 e. The lowest BCUT2D eigenvalue weighted by Gasteiger charge is -2.06. The summed E-state index contributed by atoms with van der Waals surface area (Å²) in [5, 5.41) is 14.7. The number of rotatable bonds is 3. The van der Waals surface area contributed by atoms with Gasteiger partial charge in [0.1, 0.15) is 10.8 Å². The Kier molecular flexibility index (Phi) is 3.42. The summed E-state index contributed by atoms with van der Waals surface area (Å²) in [4.78, 5) is 15.9. The second-order valence-electron chi connectivity index (χ2n) is 3.96. The number of nitrogens with one attached hydrogen (secondary N) is 3. The summed E-state index contributed by atoms with van der Waals surface area (Å²) in [6.07, 6.45) is 3.34. The largest absolute Gasteiger partial charge is 0.324 e. The minimum absolute atomic E-state index is 0.323. The minimum Gasteiger partial charge on any atom is -0.308 e. The number of hydrogen-bond acceptors (Lipinski definition) is 4. The lowest BCUT2D eigenvalue weighted by atomic mass is 10.2. The van der Waals surface area contributed by atoms with E-state index in [9.17, 15) is 4.79 Å². The first-order valence-electron chi connectivity index (χ1n) is 5.88. The maximum Gasteiger partial charge on any atom is 0.324 e. The second-order valence-corrected chi connectivity index (χ2v) is 4.86. The predicted octanol–water partition coefficient (Wildman–Crippen LogP) is 3.18. The molecule has 0 saturated carbocycles. The van der Waals surface area contributed by atoms with Gasteiger partial charge in [-0.05, 0) is 24.3 Å². The molecule has 0 fully saturated rings. The zero-order chi connectivity index (χ0) is 13.8. The summed E-state index contributed by atoms with van der Waals surface area (Å²) in [5.74, 6) is 0.543. The van der Waals surface area contributed by atoms with Crippen LogP contribution in [0.3, 0.4) is 0 Å². The monoisotopic (exact) mass is 285 g/mol. The normalized spacial score (nSPS) is 10.2. The summed E-state index contributed by atoms with van der Waals surface area (Å²) in [5.41, 5.74) is 1.74.